The predicted octanol–water partition coefficient (Wildman–Crippen LogP) is 8.67. The fraction of sp³-hybridized carbons (Fsp3) is 0.341. The van der Waals surface area contributed by atoms with Gasteiger partial charge in [-0.3, -0.25) is 16.0 Å². The lowest BCUT2D eigenvalue weighted by Gasteiger charge is -2.43. The van der Waals surface area contributed by atoms with Gasteiger partial charge in [0.05, 0.1) is 30.5 Å². The van der Waals surface area contributed by atoms with Crippen molar-refractivity contribution >= 4 is 0 Å². The minimum Gasteiger partial charge on any atom is -0.282 e. The lowest BCUT2D eigenvalue weighted by molar-refractivity contribution is 0.201. The minimum atomic E-state index is -0.0625. The summed E-state index contributed by atoms with van der Waals surface area (Å²) < 4.78 is 0. The molecule has 0 radical (unpaired) electrons. The van der Waals surface area contributed by atoms with Crippen LogP contribution in [0.5, 0.6) is 0 Å². The highest BCUT2D eigenvalue weighted by Crippen LogP contribution is 2.46. The van der Waals surface area contributed by atoms with E-state index in [2.05, 4.69) is 150 Å². The fourth-order valence-corrected chi connectivity index (χ4v) is 8.57. The summed E-state index contributed by atoms with van der Waals surface area (Å²) in [5.41, 5.74) is 9.81. The third-order valence-corrected chi connectivity index (χ3v) is 11.2. The van der Waals surface area contributed by atoms with Gasteiger partial charge in [0, 0.05) is 23.7 Å². The van der Waals surface area contributed by atoms with Gasteiger partial charge in [-0.15, -0.1) is 0 Å². The summed E-state index contributed by atoms with van der Waals surface area (Å²) in [6, 6.07) is 13.4. The molecule has 1 aromatic rings. The summed E-state index contributed by atoms with van der Waals surface area (Å²) in [4.78, 5) is 0. The summed E-state index contributed by atoms with van der Waals surface area (Å²) in [5, 5.41) is 21.6. The number of nitriles is 1. The number of hydrogen-bond acceptors (Lipinski definition) is 4. The van der Waals surface area contributed by atoms with E-state index in [4.69, 9.17) is 0 Å². The lowest BCUT2D eigenvalue weighted by Crippen LogP contribution is -2.69. The maximum Gasteiger partial charge on any atom is 0.0858 e. The zero-order chi connectivity index (χ0) is 32.3. The third-order valence-electron chi connectivity index (χ3n) is 11.2. The standard InChI is InChI=1S/C44H46N4/c45-29-30-16-25-40-38(33-19-17-32(18-20-33)31-10-4-1-5-11-31)26-27-39(41(40)28-30)34-21-23-37(24-22-34)44-47-42(35-12-6-2-7-13-35)46-43(48-44)36-14-8-3-9-15-36/h1-8,10-12,14,16-17,19-21,23-25,27,30,32,34-35,38,42-44,46-48H,9,13,15,18,22,26,28H2. The molecule has 1 fully saturated rings. The predicted molar refractivity (Wildman–Crippen MR) is 196 cm³/mol. The number of nitrogens with zero attached hydrogens (tertiary/aromatic N) is 1. The van der Waals surface area contributed by atoms with Crippen molar-refractivity contribution in [2.24, 2.45) is 23.7 Å². The van der Waals surface area contributed by atoms with Crippen LogP contribution in [0.15, 0.2) is 161 Å². The molecule has 1 saturated heterocycles. The largest absolute Gasteiger partial charge is 0.282 e. The van der Waals surface area contributed by atoms with Gasteiger partial charge in [0.1, 0.15) is 0 Å². The van der Waals surface area contributed by atoms with Gasteiger partial charge in [-0.1, -0.05) is 128 Å². The number of hydrogen-bond donors (Lipinski definition) is 3. The molecule has 1 heterocycles. The Balaban J connectivity index is 0.998. The molecule has 3 N–H and O–H groups in total. The van der Waals surface area contributed by atoms with Crippen LogP contribution in [0.3, 0.4) is 0 Å². The van der Waals surface area contributed by atoms with Crippen molar-refractivity contribution < 1.29 is 0 Å². The molecule has 4 heteroatoms. The summed E-state index contributed by atoms with van der Waals surface area (Å²) in [6.07, 6.45) is 44.5. The van der Waals surface area contributed by atoms with Crippen molar-refractivity contribution in [3.63, 3.8) is 0 Å². The van der Waals surface area contributed by atoms with Crippen LogP contribution in [0, 0.1) is 35.0 Å². The molecule has 7 aliphatic rings. The van der Waals surface area contributed by atoms with Gasteiger partial charge in [-0.05, 0) is 83.9 Å². The summed E-state index contributed by atoms with van der Waals surface area (Å²) in [7, 11) is 0. The minimum absolute atomic E-state index is 0.0625. The van der Waals surface area contributed by atoms with Crippen LogP contribution >= 0.6 is 0 Å². The second kappa shape index (κ2) is 14.1. The Morgan fingerprint density at radius 1 is 0.708 bits per heavy atom. The van der Waals surface area contributed by atoms with E-state index in [1.807, 2.05) is 0 Å². The fourth-order valence-electron chi connectivity index (χ4n) is 8.57. The molecule has 242 valence electrons. The molecule has 0 bridgehead atoms. The topological polar surface area (TPSA) is 59.9 Å². The summed E-state index contributed by atoms with van der Waals surface area (Å²) >= 11 is 0. The highest BCUT2D eigenvalue weighted by Gasteiger charge is 2.35. The van der Waals surface area contributed by atoms with Gasteiger partial charge in [0.2, 0.25) is 0 Å². The molecule has 0 spiro atoms. The number of rotatable bonds is 6. The van der Waals surface area contributed by atoms with Crippen LogP contribution in [0.25, 0.3) is 0 Å². The maximum atomic E-state index is 9.92. The van der Waals surface area contributed by atoms with E-state index in [9.17, 15) is 5.26 Å². The van der Waals surface area contributed by atoms with E-state index >= 15 is 0 Å². The molecule has 6 aliphatic carbocycles. The van der Waals surface area contributed by atoms with Crippen LogP contribution in [0.4, 0.5) is 0 Å². The van der Waals surface area contributed by atoms with Crippen molar-refractivity contribution in [1.29, 1.82) is 5.26 Å². The smallest absolute Gasteiger partial charge is 0.0858 e. The van der Waals surface area contributed by atoms with E-state index < -0.39 is 0 Å². The Hall–Kier alpha value is -4.27. The Morgan fingerprint density at radius 2 is 1.54 bits per heavy atom. The Kier molecular flexibility index (Phi) is 9.09. The Labute approximate surface area is 286 Å². The van der Waals surface area contributed by atoms with Gasteiger partial charge in [0.15, 0.2) is 0 Å². The van der Waals surface area contributed by atoms with E-state index in [0.29, 0.717) is 23.7 Å². The molecule has 8 unspecified atom stereocenters. The average Bonchev–Trinajstić information content (AvgIpc) is 3.18. The average molecular weight is 631 g/mol. The third kappa shape index (κ3) is 6.43. The van der Waals surface area contributed by atoms with Crippen molar-refractivity contribution in [3.05, 3.63) is 167 Å². The molecule has 0 saturated carbocycles. The van der Waals surface area contributed by atoms with Crippen molar-refractivity contribution in [2.45, 2.75) is 69.4 Å². The highest BCUT2D eigenvalue weighted by molar-refractivity contribution is 5.55. The molecule has 4 nitrogen and oxygen atoms in total. The van der Waals surface area contributed by atoms with Gasteiger partial charge in [-0.2, -0.15) is 5.26 Å². The van der Waals surface area contributed by atoms with E-state index in [-0.39, 0.29) is 24.4 Å². The maximum absolute atomic E-state index is 9.92. The van der Waals surface area contributed by atoms with Crippen molar-refractivity contribution in [3.8, 4) is 6.07 Å². The number of benzene rings is 1. The van der Waals surface area contributed by atoms with Gasteiger partial charge in [-0.25, -0.2) is 0 Å². The molecule has 0 aromatic heterocycles. The molecule has 8 rings (SSSR count). The lowest BCUT2D eigenvalue weighted by atomic mass is 9.69. The van der Waals surface area contributed by atoms with E-state index in [1.54, 1.807) is 0 Å². The van der Waals surface area contributed by atoms with E-state index in [1.165, 1.54) is 39.0 Å². The SMILES string of the molecule is N#CC1C=CC2=C(C1)C(C1C=CC(C3NC(C4=CC=CCC4)NC(C4C=CC=CC4)N3)=CC1)=CCC2C1=CCC(c2ccccc2)C=C1. The van der Waals surface area contributed by atoms with Crippen LogP contribution < -0.4 is 16.0 Å². The first kappa shape index (κ1) is 31.0. The van der Waals surface area contributed by atoms with Crippen LogP contribution in [-0.2, 0) is 0 Å². The quantitative estimate of drug-likeness (QED) is 0.294. The second-order valence-electron chi connectivity index (χ2n) is 14.2. The first-order valence-corrected chi connectivity index (χ1v) is 18.0. The molecule has 0 amide bonds. The molecule has 1 aromatic carbocycles. The summed E-state index contributed by atoms with van der Waals surface area (Å²) in [5.74, 6) is 1.48. The molecule has 8 atom stereocenters. The molecule has 1 aliphatic heterocycles. The second-order valence-corrected chi connectivity index (χ2v) is 14.2. The van der Waals surface area contributed by atoms with E-state index in [0.717, 1.165) is 44.9 Å². The zero-order valence-corrected chi connectivity index (χ0v) is 27.6. The first-order valence-electron chi connectivity index (χ1n) is 18.0. The first-order chi connectivity index (χ1) is 23.7. The molecular formula is C44H46N4. The number of nitrogens with one attached hydrogen (secondary N) is 3. The number of allylic oxidation sites excluding steroid dienone is 18. The van der Waals surface area contributed by atoms with Gasteiger partial charge in [0.25, 0.3) is 0 Å². The van der Waals surface area contributed by atoms with Gasteiger partial charge < -0.3 is 0 Å². The van der Waals surface area contributed by atoms with Crippen LogP contribution in [-0.4, -0.2) is 18.5 Å². The monoisotopic (exact) mass is 630 g/mol. The Morgan fingerprint density at radius 3 is 2.29 bits per heavy atom. The molecule has 48 heavy (non-hydrogen) atoms. The van der Waals surface area contributed by atoms with Gasteiger partial charge >= 0.3 is 0 Å². The highest BCUT2D eigenvalue weighted by atomic mass is 15.4. The van der Waals surface area contributed by atoms with Crippen molar-refractivity contribution in [2.75, 3.05) is 0 Å². The van der Waals surface area contributed by atoms with Crippen LogP contribution in [0.1, 0.15) is 56.4 Å². The Bertz CT molecular complexity index is 1780. The van der Waals surface area contributed by atoms with Crippen LogP contribution in [0.2, 0.25) is 0 Å². The molecular weight excluding hydrogens is 585 g/mol. The van der Waals surface area contributed by atoms with Crippen molar-refractivity contribution in [1.82, 2.24) is 16.0 Å². The normalized spacial score (nSPS) is 34.1. The zero-order valence-electron chi connectivity index (χ0n) is 27.6. The summed E-state index contributed by atoms with van der Waals surface area (Å²) in [6.45, 7) is 0.